The van der Waals surface area contributed by atoms with Gasteiger partial charge < -0.3 is 10.0 Å². The Hall–Kier alpha value is -1.51. The van der Waals surface area contributed by atoms with E-state index in [0.717, 1.165) is 5.56 Å². The molecule has 0 aliphatic carbocycles. The Kier molecular flexibility index (Phi) is 4.55. The van der Waals surface area contributed by atoms with Crippen molar-refractivity contribution < 1.29 is 9.90 Å². The predicted molar refractivity (Wildman–Crippen MR) is 68.7 cm³/mol. The molecule has 17 heavy (non-hydrogen) atoms. The number of rotatable bonds is 4. The van der Waals surface area contributed by atoms with Gasteiger partial charge in [0.1, 0.15) is 5.75 Å². The zero-order valence-corrected chi connectivity index (χ0v) is 11.0. The smallest absolute Gasteiger partial charge is 0.223 e. The number of nitrogens with zero attached hydrogens (tertiary/aromatic N) is 1. The molecule has 3 nitrogen and oxygen atoms in total. The van der Waals surface area contributed by atoms with Gasteiger partial charge in [-0.1, -0.05) is 32.0 Å². The van der Waals surface area contributed by atoms with E-state index in [0.29, 0.717) is 12.3 Å². The highest BCUT2D eigenvalue weighted by Gasteiger charge is 2.19. The predicted octanol–water partition coefficient (Wildman–Crippen LogP) is 2.96. The van der Waals surface area contributed by atoms with Crippen LogP contribution >= 0.6 is 0 Å². The maximum Gasteiger partial charge on any atom is 0.223 e. The van der Waals surface area contributed by atoms with Crippen molar-refractivity contribution in [2.75, 3.05) is 7.05 Å². The lowest BCUT2D eigenvalue weighted by Crippen LogP contribution is -2.30. The molecule has 1 rings (SSSR count). The van der Waals surface area contributed by atoms with Crippen LogP contribution in [0, 0.1) is 5.92 Å². The van der Waals surface area contributed by atoms with Crippen molar-refractivity contribution in [3.8, 4) is 5.75 Å². The van der Waals surface area contributed by atoms with Crippen LogP contribution in [-0.4, -0.2) is 23.0 Å². The summed E-state index contributed by atoms with van der Waals surface area (Å²) in [7, 11) is 1.78. The first-order valence-corrected chi connectivity index (χ1v) is 5.97. The Labute approximate surface area is 103 Å². The lowest BCUT2D eigenvalue weighted by molar-refractivity contribution is -0.132. The molecule has 1 atom stereocenters. The second-order valence-corrected chi connectivity index (χ2v) is 4.84. The second kappa shape index (κ2) is 5.71. The summed E-state index contributed by atoms with van der Waals surface area (Å²) < 4.78 is 0. The average molecular weight is 235 g/mol. The largest absolute Gasteiger partial charge is 0.508 e. The average Bonchev–Trinajstić information content (AvgIpc) is 2.27. The van der Waals surface area contributed by atoms with E-state index in [-0.39, 0.29) is 17.7 Å². The summed E-state index contributed by atoms with van der Waals surface area (Å²) in [5, 5.41) is 9.76. The van der Waals surface area contributed by atoms with Crippen LogP contribution in [0.2, 0.25) is 0 Å². The highest BCUT2D eigenvalue weighted by atomic mass is 16.3. The molecule has 3 heteroatoms. The fourth-order valence-electron chi connectivity index (χ4n) is 1.76. The van der Waals surface area contributed by atoms with E-state index in [4.69, 9.17) is 0 Å². The number of amides is 1. The summed E-state index contributed by atoms with van der Waals surface area (Å²) in [5.74, 6) is 0.696. The van der Waals surface area contributed by atoms with Gasteiger partial charge in [0.15, 0.2) is 0 Å². The first-order valence-electron chi connectivity index (χ1n) is 5.97. The summed E-state index contributed by atoms with van der Waals surface area (Å²) in [6.07, 6.45) is 0.536. The molecule has 1 aromatic carbocycles. The van der Waals surface area contributed by atoms with E-state index >= 15 is 0 Å². The van der Waals surface area contributed by atoms with Crippen molar-refractivity contribution in [3.05, 3.63) is 29.8 Å². The van der Waals surface area contributed by atoms with Crippen molar-refractivity contribution in [1.29, 1.82) is 0 Å². The number of phenols is 1. The normalized spacial score (nSPS) is 12.5. The van der Waals surface area contributed by atoms with Gasteiger partial charge in [-0.05, 0) is 18.9 Å². The number of para-hydroxylation sites is 1. The lowest BCUT2D eigenvalue weighted by atomic mass is 10.0. The van der Waals surface area contributed by atoms with Crippen LogP contribution in [0.5, 0.6) is 5.75 Å². The fraction of sp³-hybridized carbons (Fsp3) is 0.500. The summed E-state index contributed by atoms with van der Waals surface area (Å²) >= 11 is 0. The number of hydrogen-bond donors (Lipinski definition) is 1. The van der Waals surface area contributed by atoms with Gasteiger partial charge in [0.25, 0.3) is 0 Å². The fourth-order valence-corrected chi connectivity index (χ4v) is 1.76. The Morgan fingerprint density at radius 1 is 1.29 bits per heavy atom. The van der Waals surface area contributed by atoms with Gasteiger partial charge in [-0.2, -0.15) is 0 Å². The van der Waals surface area contributed by atoms with Crippen molar-refractivity contribution in [1.82, 2.24) is 4.90 Å². The maximum atomic E-state index is 11.9. The molecule has 1 amide bonds. The van der Waals surface area contributed by atoms with Crippen molar-refractivity contribution >= 4 is 5.91 Å². The van der Waals surface area contributed by atoms with Crippen molar-refractivity contribution in [2.24, 2.45) is 5.92 Å². The lowest BCUT2D eigenvalue weighted by Gasteiger charge is -2.26. The van der Waals surface area contributed by atoms with Gasteiger partial charge in [0.2, 0.25) is 5.91 Å². The van der Waals surface area contributed by atoms with E-state index in [9.17, 15) is 9.90 Å². The van der Waals surface area contributed by atoms with Crippen LogP contribution < -0.4 is 0 Å². The molecule has 0 spiro atoms. The second-order valence-electron chi connectivity index (χ2n) is 4.84. The number of aromatic hydroxyl groups is 1. The van der Waals surface area contributed by atoms with Gasteiger partial charge >= 0.3 is 0 Å². The van der Waals surface area contributed by atoms with E-state index < -0.39 is 0 Å². The molecule has 1 N–H and O–H groups in total. The Morgan fingerprint density at radius 3 is 2.41 bits per heavy atom. The van der Waals surface area contributed by atoms with Crippen molar-refractivity contribution in [3.63, 3.8) is 0 Å². The number of carbonyl (C=O) groups is 1. The van der Waals surface area contributed by atoms with Crippen molar-refractivity contribution in [2.45, 2.75) is 33.2 Å². The Morgan fingerprint density at radius 2 is 1.88 bits per heavy atom. The minimum atomic E-state index is -0.109. The van der Waals surface area contributed by atoms with E-state index in [1.54, 1.807) is 24.1 Å². The summed E-state index contributed by atoms with van der Waals surface area (Å²) in [6, 6.07) is 7.03. The van der Waals surface area contributed by atoms with Crippen LogP contribution in [0.4, 0.5) is 0 Å². The highest BCUT2D eigenvalue weighted by Crippen LogP contribution is 2.27. The van der Waals surface area contributed by atoms with Gasteiger partial charge in [-0.15, -0.1) is 0 Å². The molecule has 0 saturated heterocycles. The third kappa shape index (κ3) is 3.48. The molecule has 0 bridgehead atoms. The molecular weight excluding hydrogens is 214 g/mol. The summed E-state index contributed by atoms with van der Waals surface area (Å²) in [5.41, 5.74) is 0.784. The van der Waals surface area contributed by atoms with Crippen LogP contribution in [0.25, 0.3) is 0 Å². The SMILES string of the molecule is CC(C)CC(=O)N(C)C(C)c1ccccc1O. The molecule has 1 aromatic rings. The van der Waals surface area contributed by atoms with Gasteiger partial charge in [0.05, 0.1) is 6.04 Å². The van der Waals surface area contributed by atoms with Gasteiger partial charge in [-0.3, -0.25) is 4.79 Å². The molecule has 0 aliphatic rings. The van der Waals surface area contributed by atoms with Crippen LogP contribution in [0.3, 0.4) is 0 Å². The third-order valence-corrected chi connectivity index (χ3v) is 2.94. The Balaban J connectivity index is 2.80. The molecule has 0 saturated carbocycles. The molecule has 94 valence electrons. The standard InChI is InChI=1S/C14H21NO2/c1-10(2)9-14(17)15(4)11(3)12-7-5-6-8-13(12)16/h5-8,10-11,16H,9H2,1-4H3. The first kappa shape index (κ1) is 13.6. The maximum absolute atomic E-state index is 11.9. The quantitative estimate of drug-likeness (QED) is 0.871. The monoisotopic (exact) mass is 235 g/mol. The van der Waals surface area contributed by atoms with Crippen LogP contribution in [0.1, 0.15) is 38.8 Å². The van der Waals surface area contributed by atoms with E-state index in [1.165, 1.54) is 0 Å². The minimum absolute atomic E-state index is 0.107. The first-order chi connectivity index (χ1) is 7.93. The zero-order valence-electron chi connectivity index (χ0n) is 11.0. The highest BCUT2D eigenvalue weighted by molar-refractivity contribution is 5.76. The van der Waals surface area contributed by atoms with Gasteiger partial charge in [0, 0.05) is 19.0 Å². The summed E-state index contributed by atoms with van der Waals surface area (Å²) in [6.45, 7) is 5.97. The van der Waals surface area contributed by atoms with Crippen LogP contribution in [-0.2, 0) is 4.79 Å². The molecule has 0 aromatic heterocycles. The molecule has 0 aliphatic heterocycles. The summed E-state index contributed by atoms with van der Waals surface area (Å²) in [4.78, 5) is 13.6. The third-order valence-electron chi connectivity index (χ3n) is 2.94. The molecule has 0 radical (unpaired) electrons. The number of phenolic OH excluding ortho intramolecular Hbond substituents is 1. The number of carbonyl (C=O) groups excluding carboxylic acids is 1. The molecule has 0 fully saturated rings. The van der Waals surface area contributed by atoms with E-state index in [1.807, 2.05) is 32.9 Å². The number of benzene rings is 1. The van der Waals surface area contributed by atoms with Gasteiger partial charge in [-0.25, -0.2) is 0 Å². The minimum Gasteiger partial charge on any atom is -0.508 e. The van der Waals surface area contributed by atoms with Crippen LogP contribution in [0.15, 0.2) is 24.3 Å². The number of hydrogen-bond acceptors (Lipinski definition) is 2. The topological polar surface area (TPSA) is 40.5 Å². The molecular formula is C14H21NO2. The van der Waals surface area contributed by atoms with E-state index in [2.05, 4.69) is 0 Å². The Bertz CT molecular complexity index is 388. The molecule has 1 unspecified atom stereocenters. The molecule has 0 heterocycles. The zero-order chi connectivity index (χ0) is 13.0.